The second-order valence-corrected chi connectivity index (χ2v) is 10.4. The zero-order chi connectivity index (χ0) is 28.1. The van der Waals surface area contributed by atoms with Crippen molar-refractivity contribution in [2.75, 3.05) is 0 Å². The van der Waals surface area contributed by atoms with E-state index in [1.165, 1.54) is 17.3 Å². The number of hydrogen-bond acceptors (Lipinski definition) is 6. The molecule has 0 saturated heterocycles. The van der Waals surface area contributed by atoms with Gasteiger partial charge in [0.25, 0.3) is 0 Å². The summed E-state index contributed by atoms with van der Waals surface area (Å²) >= 11 is 1.68. The molecule has 0 aliphatic carbocycles. The minimum absolute atomic E-state index is 0.227. The first kappa shape index (κ1) is 41.3. The summed E-state index contributed by atoms with van der Waals surface area (Å²) in [7, 11) is 0. The van der Waals surface area contributed by atoms with Crippen LogP contribution in [0.1, 0.15) is 138 Å². The zero-order valence-electron chi connectivity index (χ0n) is 23.8. The van der Waals surface area contributed by atoms with Crippen molar-refractivity contribution in [3.63, 3.8) is 0 Å². The van der Waals surface area contributed by atoms with Crippen LogP contribution in [-0.2, 0) is 14.4 Å². The molecule has 0 rings (SSSR count). The van der Waals surface area contributed by atoms with Crippen LogP contribution in [0.2, 0.25) is 4.44 Å². The van der Waals surface area contributed by atoms with Crippen LogP contribution in [0.25, 0.3) is 0 Å². The van der Waals surface area contributed by atoms with Crippen LogP contribution in [0.4, 0.5) is 0 Å². The molecule has 0 heterocycles. The van der Waals surface area contributed by atoms with Gasteiger partial charge in [-0.3, -0.25) is 0 Å². The molecule has 206 valence electrons. The van der Waals surface area contributed by atoms with Crippen LogP contribution in [0, 0.1) is 17.8 Å². The van der Waals surface area contributed by atoms with E-state index < -0.39 is 17.9 Å². The summed E-state index contributed by atoms with van der Waals surface area (Å²) < 4.78 is 1.43. The topological polar surface area (TPSA) is 120 Å². The van der Waals surface area contributed by atoms with Crippen LogP contribution in [-0.4, -0.2) is 40.4 Å². The Kier molecular flexibility index (Phi) is 39.2. The molecule has 0 amide bonds. The Morgan fingerprint density at radius 1 is 0.543 bits per heavy atom. The molecular weight excluding hydrogens is 551 g/mol. The fraction of sp³-hybridized carbons (Fsp3) is 0.893. The van der Waals surface area contributed by atoms with Crippen LogP contribution in [0.15, 0.2) is 0 Å². The summed E-state index contributed by atoms with van der Waals surface area (Å²) in [5.74, 6) is -1.76. The van der Waals surface area contributed by atoms with Crippen molar-refractivity contribution in [2.24, 2.45) is 17.8 Å². The van der Waals surface area contributed by atoms with Gasteiger partial charge in [-0.15, -0.1) is 0 Å². The Morgan fingerprint density at radius 2 is 0.800 bits per heavy atom. The van der Waals surface area contributed by atoms with Crippen molar-refractivity contribution in [1.29, 1.82) is 0 Å². The van der Waals surface area contributed by atoms with E-state index in [9.17, 15) is 29.7 Å². The molecule has 0 aliphatic rings. The molecule has 6 nitrogen and oxygen atoms in total. The fourth-order valence-corrected chi connectivity index (χ4v) is 4.47. The molecule has 0 spiro atoms. The van der Waals surface area contributed by atoms with E-state index in [4.69, 9.17) is 0 Å². The monoisotopic (exact) mass is 606 g/mol. The second-order valence-electron chi connectivity index (χ2n) is 9.02. The molecule has 0 aromatic carbocycles. The van der Waals surface area contributed by atoms with Crippen molar-refractivity contribution < 1.29 is 29.7 Å². The van der Waals surface area contributed by atoms with Crippen LogP contribution in [0.5, 0.6) is 0 Å². The zero-order valence-corrected chi connectivity index (χ0v) is 26.6. The Hall–Kier alpha value is -0.791. The fourth-order valence-electron chi connectivity index (χ4n) is 3.46. The first-order valence-electron chi connectivity index (χ1n) is 13.8. The molecule has 3 atom stereocenters. The number of aliphatic carboxylic acids is 3. The summed E-state index contributed by atoms with van der Waals surface area (Å²) in [4.78, 5) is 30.4. The average Bonchev–Trinajstić information content (AvgIpc) is 2.79. The van der Waals surface area contributed by atoms with Gasteiger partial charge in [0.1, 0.15) is 0 Å². The summed E-state index contributed by atoms with van der Waals surface area (Å²) in [6.07, 6.45) is 12.5. The van der Waals surface area contributed by atoms with Crippen molar-refractivity contribution in [3.05, 3.63) is 0 Å². The number of unbranched alkanes of at least 4 members (excludes halogenated alkanes) is 1. The predicted molar refractivity (Wildman–Crippen MR) is 140 cm³/mol. The Bertz CT molecular complexity index is 407. The standard InChI is InChI=1S/3C8H16O2.C4H9.Sn/c3*1-3-5-7(4-2)6-8(9)10;1-3-4-2;/h3*7H,3-6H2,1-2H3,(H,9,10);1,3-4H2,2H3;/q;;;;+3/p-3. The van der Waals surface area contributed by atoms with Crippen molar-refractivity contribution in [2.45, 2.75) is 143 Å². The molecule has 35 heavy (non-hydrogen) atoms. The maximum absolute atomic E-state index is 10.1. The third-order valence-electron chi connectivity index (χ3n) is 5.72. The summed E-state index contributed by atoms with van der Waals surface area (Å²) in [6.45, 7) is 14.5. The molecule has 0 radical (unpaired) electrons. The number of carboxylic acids is 3. The van der Waals surface area contributed by atoms with Gasteiger partial charge in [0.15, 0.2) is 0 Å². The first-order chi connectivity index (χ1) is 16.5. The summed E-state index contributed by atoms with van der Waals surface area (Å²) in [5, 5.41) is 30.4. The molecule has 3 unspecified atom stereocenters. The van der Waals surface area contributed by atoms with Gasteiger partial charge in [0.05, 0.1) is 0 Å². The van der Waals surface area contributed by atoms with Gasteiger partial charge in [0, 0.05) is 17.9 Å². The van der Waals surface area contributed by atoms with Gasteiger partial charge in [-0.05, 0) is 37.0 Å². The van der Waals surface area contributed by atoms with Crippen molar-refractivity contribution >= 4 is 40.4 Å². The second kappa shape index (κ2) is 33.2. The first-order valence-corrected chi connectivity index (χ1v) is 15.8. The van der Waals surface area contributed by atoms with Crippen LogP contribution in [0.3, 0.4) is 0 Å². The normalized spacial score (nSPS) is 12.4. The van der Waals surface area contributed by atoms with E-state index in [2.05, 4.69) is 27.7 Å². The minimum atomic E-state index is -0.916. The molecule has 0 aromatic heterocycles. The van der Waals surface area contributed by atoms with Gasteiger partial charge in [0.2, 0.25) is 0 Å². The predicted octanol–water partition coefficient (Wildman–Crippen LogP) is 4.23. The number of hydrogen-bond donors (Lipinski definition) is 0. The molecule has 0 aliphatic heterocycles. The third kappa shape index (κ3) is 40.6. The van der Waals surface area contributed by atoms with E-state index in [0.717, 1.165) is 57.8 Å². The van der Waals surface area contributed by atoms with Gasteiger partial charge < -0.3 is 29.7 Å². The molecule has 0 aromatic rings. The Morgan fingerprint density at radius 3 is 0.886 bits per heavy atom. The molecule has 7 heteroatoms. The van der Waals surface area contributed by atoms with Crippen LogP contribution < -0.4 is 15.3 Å². The number of rotatable bonds is 17. The van der Waals surface area contributed by atoms with Gasteiger partial charge >= 0.3 is 46.7 Å². The Balaban J connectivity index is -0.000000188. The number of carboxylic acid groups (broad SMARTS) is 3. The summed E-state index contributed by atoms with van der Waals surface area (Å²) in [6, 6.07) is 0. The third-order valence-corrected chi connectivity index (χ3v) is 6.73. The quantitative estimate of drug-likeness (QED) is 0.229. The van der Waals surface area contributed by atoms with Crippen molar-refractivity contribution in [3.8, 4) is 0 Å². The molecule has 0 bridgehead atoms. The van der Waals surface area contributed by atoms with E-state index in [1.54, 1.807) is 22.5 Å². The van der Waals surface area contributed by atoms with E-state index >= 15 is 0 Å². The van der Waals surface area contributed by atoms with Gasteiger partial charge in [-0.2, -0.15) is 0 Å². The average molecular weight is 605 g/mol. The SMILES string of the molecule is CCCC(CC)CC(=O)[O-].CCCC(CC)CC(=O)[O-].CCCC(CC)CC(=O)[O-].CCC[CH2][Sn+3]. The molecule has 0 saturated carbocycles. The maximum atomic E-state index is 10.1. The van der Waals surface area contributed by atoms with Crippen molar-refractivity contribution in [1.82, 2.24) is 0 Å². The molecule has 0 fully saturated rings. The van der Waals surface area contributed by atoms with Gasteiger partial charge in [-0.1, -0.05) is 99.3 Å². The summed E-state index contributed by atoms with van der Waals surface area (Å²) in [5.41, 5.74) is 0. The van der Waals surface area contributed by atoms with E-state index in [0.29, 0.717) is 17.8 Å². The van der Waals surface area contributed by atoms with Crippen LogP contribution >= 0.6 is 0 Å². The van der Waals surface area contributed by atoms with E-state index in [-0.39, 0.29) is 19.3 Å². The number of carbonyl (C=O) groups excluding carboxylic acids is 3. The Labute approximate surface area is 230 Å². The van der Waals surface area contributed by atoms with Gasteiger partial charge in [-0.25, -0.2) is 0 Å². The molecule has 0 N–H and O–H groups in total. The number of carbonyl (C=O) groups is 3. The molecular formula is C28H54O6Sn. The van der Waals surface area contributed by atoms with E-state index in [1.807, 2.05) is 20.8 Å².